The lowest BCUT2D eigenvalue weighted by atomic mass is 9.60. The summed E-state index contributed by atoms with van der Waals surface area (Å²) in [6.45, 7) is 8.20. The summed E-state index contributed by atoms with van der Waals surface area (Å²) >= 11 is 0. The number of ether oxygens (including phenoxy) is 1. The van der Waals surface area contributed by atoms with Gasteiger partial charge in [0.25, 0.3) is 0 Å². The molecule has 1 saturated carbocycles. The third-order valence-corrected chi connectivity index (χ3v) is 4.27. The first-order chi connectivity index (χ1) is 7.73. The molecule has 1 rings (SSSR count). The van der Waals surface area contributed by atoms with Crippen LogP contribution in [0.15, 0.2) is 0 Å². The van der Waals surface area contributed by atoms with Gasteiger partial charge in [0.2, 0.25) is 0 Å². The molecule has 0 aromatic carbocycles. The molecule has 0 radical (unpaired) electrons. The van der Waals surface area contributed by atoms with E-state index in [2.05, 4.69) is 20.8 Å². The molecule has 100 valence electrons. The van der Waals surface area contributed by atoms with Crippen LogP contribution < -0.4 is 0 Å². The average molecular weight is 242 g/mol. The van der Waals surface area contributed by atoms with Crippen LogP contribution in [0.25, 0.3) is 0 Å². The van der Waals surface area contributed by atoms with Crippen LogP contribution in [0.3, 0.4) is 0 Å². The van der Waals surface area contributed by atoms with Crippen LogP contribution in [-0.4, -0.2) is 23.8 Å². The summed E-state index contributed by atoms with van der Waals surface area (Å²) in [5.74, 6) is -0.599. The van der Waals surface area contributed by atoms with Gasteiger partial charge in [0, 0.05) is 0 Å². The van der Waals surface area contributed by atoms with Gasteiger partial charge in [-0.1, -0.05) is 33.6 Å². The summed E-state index contributed by atoms with van der Waals surface area (Å²) in [6, 6.07) is 0. The highest BCUT2D eigenvalue weighted by Crippen LogP contribution is 2.47. The summed E-state index contributed by atoms with van der Waals surface area (Å²) < 4.78 is 4.79. The van der Waals surface area contributed by atoms with Crippen molar-refractivity contribution in [3.05, 3.63) is 0 Å². The molecule has 3 nitrogen and oxygen atoms in total. The molecule has 1 N–H and O–H groups in total. The lowest BCUT2D eigenvalue weighted by Crippen LogP contribution is -2.53. The van der Waals surface area contributed by atoms with E-state index < -0.39 is 11.5 Å². The molecule has 0 heterocycles. The Hall–Kier alpha value is -0.570. The smallest absolute Gasteiger partial charge is 0.311 e. The van der Waals surface area contributed by atoms with Crippen molar-refractivity contribution in [1.82, 2.24) is 0 Å². The quantitative estimate of drug-likeness (QED) is 0.757. The first kappa shape index (κ1) is 14.5. The summed E-state index contributed by atoms with van der Waals surface area (Å²) in [5.41, 5.74) is -0.902. The molecule has 1 aliphatic rings. The maximum absolute atomic E-state index is 11.7. The van der Waals surface area contributed by atoms with E-state index in [-0.39, 0.29) is 17.3 Å². The Morgan fingerprint density at radius 2 is 2.00 bits per heavy atom. The Kier molecular flexibility index (Phi) is 4.23. The standard InChI is InChI=1S/C14H26O3/c1-10(12(15)17-5)14(16)9-7-6-8-11(14)13(2,3)4/h10-11,16H,6-9H2,1-5H3. The van der Waals surface area contributed by atoms with E-state index in [9.17, 15) is 9.90 Å². The van der Waals surface area contributed by atoms with Gasteiger partial charge < -0.3 is 9.84 Å². The van der Waals surface area contributed by atoms with Crippen LogP contribution in [0.5, 0.6) is 0 Å². The molecular weight excluding hydrogens is 216 g/mol. The maximum Gasteiger partial charge on any atom is 0.311 e. The lowest BCUT2D eigenvalue weighted by Gasteiger charge is -2.49. The number of carbonyl (C=O) groups excluding carboxylic acids is 1. The minimum absolute atomic E-state index is 0.0114. The molecule has 0 bridgehead atoms. The average Bonchev–Trinajstić information content (AvgIpc) is 2.26. The molecule has 1 aliphatic carbocycles. The second kappa shape index (κ2) is 4.97. The molecule has 0 amide bonds. The first-order valence-electron chi connectivity index (χ1n) is 6.53. The Morgan fingerprint density at radius 1 is 1.41 bits per heavy atom. The SMILES string of the molecule is COC(=O)C(C)C1(O)CCCCC1C(C)(C)C. The zero-order chi connectivity index (χ0) is 13.3. The summed E-state index contributed by atoms with van der Waals surface area (Å²) in [4.78, 5) is 11.7. The third kappa shape index (κ3) is 2.82. The van der Waals surface area contributed by atoms with Crippen LogP contribution in [0.1, 0.15) is 53.4 Å². The van der Waals surface area contributed by atoms with E-state index in [1.165, 1.54) is 7.11 Å². The highest BCUT2D eigenvalue weighted by Gasteiger charge is 2.50. The van der Waals surface area contributed by atoms with Crippen molar-refractivity contribution >= 4 is 5.97 Å². The van der Waals surface area contributed by atoms with Gasteiger partial charge in [0.05, 0.1) is 18.6 Å². The largest absolute Gasteiger partial charge is 0.469 e. The zero-order valence-electron chi connectivity index (χ0n) is 11.7. The van der Waals surface area contributed by atoms with Crippen LogP contribution in [0.2, 0.25) is 0 Å². The van der Waals surface area contributed by atoms with Crippen molar-refractivity contribution in [2.45, 2.75) is 59.0 Å². The highest BCUT2D eigenvalue weighted by atomic mass is 16.5. The van der Waals surface area contributed by atoms with E-state index in [1.54, 1.807) is 6.92 Å². The summed E-state index contributed by atoms with van der Waals surface area (Å²) in [7, 11) is 1.39. The summed E-state index contributed by atoms with van der Waals surface area (Å²) in [5, 5.41) is 10.9. The molecular formula is C14H26O3. The molecule has 1 fully saturated rings. The third-order valence-electron chi connectivity index (χ3n) is 4.27. The number of carbonyl (C=O) groups is 1. The van der Waals surface area contributed by atoms with Crippen LogP contribution in [0, 0.1) is 17.3 Å². The molecule has 0 aromatic rings. The Morgan fingerprint density at radius 3 is 2.47 bits per heavy atom. The monoisotopic (exact) mass is 242 g/mol. The molecule has 0 aliphatic heterocycles. The van der Waals surface area contributed by atoms with E-state index in [0.717, 1.165) is 19.3 Å². The highest BCUT2D eigenvalue weighted by molar-refractivity contribution is 5.73. The van der Waals surface area contributed by atoms with Gasteiger partial charge >= 0.3 is 5.97 Å². The number of hydrogen-bond donors (Lipinski definition) is 1. The Bertz CT molecular complexity index is 280. The van der Waals surface area contributed by atoms with Crippen molar-refractivity contribution in [2.24, 2.45) is 17.3 Å². The molecule has 0 aromatic heterocycles. The van der Waals surface area contributed by atoms with Crippen LogP contribution >= 0.6 is 0 Å². The Labute approximate surface area is 105 Å². The number of methoxy groups -OCH3 is 1. The minimum atomic E-state index is -0.913. The fourth-order valence-corrected chi connectivity index (χ4v) is 3.26. The fourth-order valence-electron chi connectivity index (χ4n) is 3.26. The van der Waals surface area contributed by atoms with Crippen molar-refractivity contribution in [3.63, 3.8) is 0 Å². The van der Waals surface area contributed by atoms with E-state index >= 15 is 0 Å². The second-order valence-electron chi connectivity index (χ2n) is 6.40. The van der Waals surface area contributed by atoms with Crippen LogP contribution in [0.4, 0.5) is 0 Å². The van der Waals surface area contributed by atoms with Gasteiger partial charge in [0.1, 0.15) is 0 Å². The first-order valence-corrected chi connectivity index (χ1v) is 6.53. The predicted molar refractivity (Wildman–Crippen MR) is 67.5 cm³/mol. The lowest BCUT2D eigenvalue weighted by molar-refractivity contribution is -0.170. The Balaban J connectivity index is 2.99. The van der Waals surface area contributed by atoms with E-state index in [1.807, 2.05) is 0 Å². The molecule has 17 heavy (non-hydrogen) atoms. The fraction of sp³-hybridized carbons (Fsp3) is 0.929. The number of esters is 1. The minimum Gasteiger partial charge on any atom is -0.469 e. The van der Waals surface area contributed by atoms with Gasteiger partial charge in [-0.3, -0.25) is 4.79 Å². The van der Waals surface area contributed by atoms with Crippen molar-refractivity contribution in [2.75, 3.05) is 7.11 Å². The van der Waals surface area contributed by atoms with Crippen molar-refractivity contribution in [1.29, 1.82) is 0 Å². The van der Waals surface area contributed by atoms with Crippen molar-refractivity contribution < 1.29 is 14.6 Å². The topological polar surface area (TPSA) is 46.5 Å². The van der Waals surface area contributed by atoms with Crippen molar-refractivity contribution in [3.8, 4) is 0 Å². The van der Waals surface area contributed by atoms with E-state index in [0.29, 0.717) is 6.42 Å². The predicted octanol–water partition coefficient (Wildman–Crippen LogP) is 2.76. The molecule has 3 heteroatoms. The number of aliphatic hydroxyl groups is 1. The van der Waals surface area contributed by atoms with Crippen LogP contribution in [-0.2, 0) is 9.53 Å². The molecule has 0 spiro atoms. The molecule has 3 unspecified atom stereocenters. The second-order valence-corrected chi connectivity index (χ2v) is 6.40. The van der Waals surface area contributed by atoms with Gasteiger partial charge in [0.15, 0.2) is 0 Å². The molecule has 3 atom stereocenters. The van der Waals surface area contributed by atoms with Gasteiger partial charge in [-0.2, -0.15) is 0 Å². The van der Waals surface area contributed by atoms with Gasteiger partial charge in [-0.05, 0) is 31.1 Å². The normalized spacial score (nSPS) is 32.0. The molecule has 0 saturated heterocycles. The van der Waals surface area contributed by atoms with Gasteiger partial charge in [-0.15, -0.1) is 0 Å². The summed E-state index contributed by atoms with van der Waals surface area (Å²) in [6.07, 6.45) is 3.81. The van der Waals surface area contributed by atoms with Gasteiger partial charge in [-0.25, -0.2) is 0 Å². The number of hydrogen-bond acceptors (Lipinski definition) is 3. The zero-order valence-corrected chi connectivity index (χ0v) is 11.7. The van der Waals surface area contributed by atoms with E-state index in [4.69, 9.17) is 4.74 Å². The number of rotatable bonds is 2. The maximum atomic E-state index is 11.7.